The summed E-state index contributed by atoms with van der Waals surface area (Å²) < 4.78 is 46.0. The van der Waals surface area contributed by atoms with Crippen molar-refractivity contribution in [3.05, 3.63) is 65.5 Å². The van der Waals surface area contributed by atoms with Crippen molar-refractivity contribution in [1.82, 2.24) is 9.62 Å². The summed E-state index contributed by atoms with van der Waals surface area (Å²) in [5, 5.41) is 2.80. The fourth-order valence-electron chi connectivity index (χ4n) is 2.87. The molecule has 1 aliphatic heterocycles. The Morgan fingerprint density at radius 2 is 1.81 bits per heavy atom. The van der Waals surface area contributed by atoms with E-state index in [2.05, 4.69) is 5.32 Å². The van der Waals surface area contributed by atoms with E-state index in [1.165, 1.54) is 10.4 Å². The van der Waals surface area contributed by atoms with Gasteiger partial charge in [-0.15, -0.1) is 0 Å². The first-order chi connectivity index (χ1) is 12.9. The average Bonchev–Trinajstić information content (AvgIpc) is 2.69. The molecule has 1 saturated heterocycles. The molecule has 0 aliphatic carbocycles. The fraction of sp³-hybridized carbons (Fsp3) is 0.316. The predicted octanol–water partition coefficient (Wildman–Crippen LogP) is 2.34. The number of amides is 1. The van der Waals surface area contributed by atoms with E-state index in [1.54, 1.807) is 0 Å². The second-order valence-corrected chi connectivity index (χ2v) is 8.17. The van der Waals surface area contributed by atoms with Gasteiger partial charge in [0, 0.05) is 18.7 Å². The van der Waals surface area contributed by atoms with Gasteiger partial charge in [0.1, 0.15) is 10.7 Å². The van der Waals surface area contributed by atoms with Crippen LogP contribution in [0.2, 0.25) is 0 Å². The molecule has 6 nitrogen and oxygen atoms in total. The molecular weight excluding hydrogens is 371 g/mol. The van der Waals surface area contributed by atoms with Gasteiger partial charge in [0.05, 0.1) is 19.3 Å². The van der Waals surface area contributed by atoms with Crippen LogP contribution in [0.1, 0.15) is 28.9 Å². The number of halogens is 1. The Morgan fingerprint density at radius 3 is 2.48 bits per heavy atom. The van der Waals surface area contributed by atoms with Crippen molar-refractivity contribution in [2.75, 3.05) is 26.3 Å². The summed E-state index contributed by atoms with van der Waals surface area (Å²) in [6, 6.07) is 12.5. The van der Waals surface area contributed by atoms with Gasteiger partial charge in [-0.1, -0.05) is 30.3 Å². The zero-order valence-electron chi connectivity index (χ0n) is 14.9. The molecule has 0 bridgehead atoms. The lowest BCUT2D eigenvalue weighted by molar-refractivity contribution is 0.0729. The largest absolute Gasteiger partial charge is 0.379 e. The normalized spacial score (nSPS) is 16.7. The fourth-order valence-corrected chi connectivity index (χ4v) is 4.37. The molecule has 1 fully saturated rings. The highest BCUT2D eigenvalue weighted by Crippen LogP contribution is 2.22. The maximum absolute atomic E-state index is 14.2. The third-order valence-corrected chi connectivity index (χ3v) is 6.34. The van der Waals surface area contributed by atoms with Gasteiger partial charge in [-0.2, -0.15) is 4.31 Å². The van der Waals surface area contributed by atoms with Gasteiger partial charge < -0.3 is 10.1 Å². The van der Waals surface area contributed by atoms with Crippen LogP contribution >= 0.6 is 0 Å². The summed E-state index contributed by atoms with van der Waals surface area (Å²) in [4.78, 5) is 12.0. The number of carbonyl (C=O) groups is 1. The molecule has 1 aliphatic rings. The van der Waals surface area contributed by atoms with Gasteiger partial charge in [-0.05, 0) is 30.7 Å². The maximum atomic E-state index is 14.2. The first kappa shape index (κ1) is 19.5. The smallest absolute Gasteiger partial charge is 0.251 e. The number of morpholine rings is 1. The molecule has 1 heterocycles. The molecule has 1 amide bonds. The molecule has 0 spiro atoms. The molecular formula is C19H21FN2O4S. The summed E-state index contributed by atoms with van der Waals surface area (Å²) in [6.07, 6.45) is 0. The molecule has 3 rings (SSSR count). The third-order valence-electron chi connectivity index (χ3n) is 4.43. The zero-order chi connectivity index (χ0) is 19.4. The minimum Gasteiger partial charge on any atom is -0.379 e. The molecule has 0 aromatic heterocycles. The Bertz CT molecular complexity index is 913. The third kappa shape index (κ3) is 4.35. The van der Waals surface area contributed by atoms with E-state index >= 15 is 0 Å². The Kier molecular flexibility index (Phi) is 5.88. The van der Waals surface area contributed by atoms with E-state index in [9.17, 15) is 17.6 Å². The van der Waals surface area contributed by atoms with Crippen LogP contribution in [0.25, 0.3) is 0 Å². The molecule has 1 atom stereocenters. The number of nitrogens with zero attached hydrogens (tertiary/aromatic N) is 1. The van der Waals surface area contributed by atoms with E-state index in [0.29, 0.717) is 0 Å². The Hall–Kier alpha value is -2.29. The SMILES string of the molecule is C[C@@H](NC(=O)c1ccc(F)c(S(=O)(=O)N2CCOCC2)c1)c1ccccc1. The molecule has 27 heavy (non-hydrogen) atoms. The number of benzene rings is 2. The number of rotatable bonds is 5. The minimum atomic E-state index is -4.03. The highest BCUT2D eigenvalue weighted by atomic mass is 32.2. The van der Waals surface area contributed by atoms with Crippen LogP contribution < -0.4 is 5.32 Å². The summed E-state index contributed by atoms with van der Waals surface area (Å²) in [5.74, 6) is -1.35. The first-order valence-electron chi connectivity index (χ1n) is 8.63. The molecule has 2 aromatic carbocycles. The molecule has 0 unspecified atom stereocenters. The van der Waals surface area contributed by atoms with Crippen molar-refractivity contribution in [1.29, 1.82) is 0 Å². The second kappa shape index (κ2) is 8.16. The maximum Gasteiger partial charge on any atom is 0.251 e. The van der Waals surface area contributed by atoms with Crippen molar-refractivity contribution in [2.24, 2.45) is 0 Å². The average molecular weight is 392 g/mol. The topological polar surface area (TPSA) is 75.7 Å². The van der Waals surface area contributed by atoms with Crippen molar-refractivity contribution in [3.63, 3.8) is 0 Å². The summed E-state index contributed by atoms with van der Waals surface area (Å²) in [6.45, 7) is 2.65. The van der Waals surface area contributed by atoms with Crippen molar-refractivity contribution in [2.45, 2.75) is 17.9 Å². The molecule has 2 aromatic rings. The van der Waals surface area contributed by atoms with Crippen LogP contribution in [0.3, 0.4) is 0 Å². The Balaban J connectivity index is 1.83. The number of hydrogen-bond acceptors (Lipinski definition) is 4. The standard InChI is InChI=1S/C19H21FN2O4S/c1-14(15-5-3-2-4-6-15)21-19(23)16-7-8-17(20)18(13-16)27(24,25)22-9-11-26-12-10-22/h2-8,13-14H,9-12H2,1H3,(H,21,23)/t14-/m1/s1. The quantitative estimate of drug-likeness (QED) is 0.848. The van der Waals surface area contributed by atoms with Crippen LogP contribution in [0.5, 0.6) is 0 Å². The molecule has 144 valence electrons. The Morgan fingerprint density at radius 1 is 1.15 bits per heavy atom. The summed E-state index contributed by atoms with van der Waals surface area (Å²) >= 11 is 0. The molecule has 0 saturated carbocycles. The molecule has 0 radical (unpaired) electrons. The van der Waals surface area contributed by atoms with Crippen LogP contribution in [0.15, 0.2) is 53.4 Å². The van der Waals surface area contributed by atoms with Crippen LogP contribution in [0.4, 0.5) is 4.39 Å². The van der Waals surface area contributed by atoms with Crippen LogP contribution in [0, 0.1) is 5.82 Å². The van der Waals surface area contributed by atoms with E-state index in [4.69, 9.17) is 4.74 Å². The second-order valence-electron chi connectivity index (χ2n) is 6.27. The van der Waals surface area contributed by atoms with E-state index < -0.39 is 26.6 Å². The lowest BCUT2D eigenvalue weighted by Gasteiger charge is -2.26. The van der Waals surface area contributed by atoms with Gasteiger partial charge in [-0.3, -0.25) is 4.79 Å². The molecule has 1 N–H and O–H groups in total. The van der Waals surface area contributed by atoms with Crippen molar-refractivity contribution in [3.8, 4) is 0 Å². The highest BCUT2D eigenvalue weighted by molar-refractivity contribution is 7.89. The Labute approximate surface area is 158 Å². The van der Waals surface area contributed by atoms with Crippen LogP contribution in [-0.2, 0) is 14.8 Å². The zero-order valence-corrected chi connectivity index (χ0v) is 15.7. The first-order valence-corrected chi connectivity index (χ1v) is 10.1. The van der Waals surface area contributed by atoms with E-state index in [0.717, 1.165) is 17.7 Å². The van der Waals surface area contributed by atoms with Gasteiger partial charge in [0.2, 0.25) is 10.0 Å². The van der Waals surface area contributed by atoms with E-state index in [-0.39, 0.29) is 37.9 Å². The number of sulfonamides is 1. The van der Waals surface area contributed by atoms with Crippen LogP contribution in [-0.4, -0.2) is 44.9 Å². The summed E-state index contributed by atoms with van der Waals surface area (Å²) in [7, 11) is -4.03. The van der Waals surface area contributed by atoms with Gasteiger partial charge >= 0.3 is 0 Å². The van der Waals surface area contributed by atoms with Gasteiger partial charge in [-0.25, -0.2) is 12.8 Å². The number of carbonyl (C=O) groups excluding carboxylic acids is 1. The van der Waals surface area contributed by atoms with Gasteiger partial charge in [0.15, 0.2) is 0 Å². The van der Waals surface area contributed by atoms with Gasteiger partial charge in [0.25, 0.3) is 5.91 Å². The lowest BCUT2D eigenvalue weighted by atomic mass is 10.1. The highest BCUT2D eigenvalue weighted by Gasteiger charge is 2.29. The van der Waals surface area contributed by atoms with Crippen molar-refractivity contribution >= 4 is 15.9 Å². The monoisotopic (exact) mass is 392 g/mol. The number of nitrogens with one attached hydrogen (secondary N) is 1. The number of hydrogen-bond donors (Lipinski definition) is 1. The predicted molar refractivity (Wildman–Crippen MR) is 98.3 cm³/mol. The minimum absolute atomic E-state index is 0.0889. The van der Waals surface area contributed by atoms with E-state index in [1.807, 2.05) is 37.3 Å². The van der Waals surface area contributed by atoms with Crippen molar-refractivity contribution < 1.29 is 22.3 Å². The number of ether oxygens (including phenoxy) is 1. The lowest BCUT2D eigenvalue weighted by Crippen LogP contribution is -2.41. The summed E-state index contributed by atoms with van der Waals surface area (Å²) in [5.41, 5.74) is 1.00. The molecule has 8 heteroatoms.